The number of rotatable bonds is 4. The second kappa shape index (κ2) is 5.11. The van der Waals surface area contributed by atoms with Gasteiger partial charge in [-0.05, 0) is 30.5 Å². The van der Waals surface area contributed by atoms with E-state index in [1.807, 2.05) is 13.0 Å². The van der Waals surface area contributed by atoms with Crippen LogP contribution in [0.2, 0.25) is 0 Å². The van der Waals surface area contributed by atoms with Gasteiger partial charge in [0, 0.05) is 12.5 Å². The lowest BCUT2D eigenvalue weighted by molar-refractivity contribution is -0.0384. The number of aromatic hydroxyl groups is 1. The first-order valence-electron chi connectivity index (χ1n) is 4.91. The Balaban J connectivity index is 2.78. The zero-order valence-electron chi connectivity index (χ0n) is 8.72. The van der Waals surface area contributed by atoms with E-state index in [0.717, 1.165) is 5.56 Å². The molecule has 0 bridgehead atoms. The Labute approximate surface area is 89.0 Å². The monoisotopic (exact) mass is 211 g/mol. The normalized spacial score (nSPS) is 13.1. The molecule has 84 valence electrons. The van der Waals surface area contributed by atoms with Gasteiger partial charge in [0.2, 0.25) is 0 Å². The van der Waals surface area contributed by atoms with Crippen LogP contribution < -0.4 is 5.73 Å². The van der Waals surface area contributed by atoms with Crippen molar-refractivity contribution in [1.82, 2.24) is 0 Å². The van der Waals surface area contributed by atoms with Crippen LogP contribution in [0.15, 0.2) is 18.2 Å². The minimum atomic E-state index is -1.44. The summed E-state index contributed by atoms with van der Waals surface area (Å²) in [6.07, 6.45) is -0.713. The van der Waals surface area contributed by atoms with E-state index in [4.69, 9.17) is 15.9 Å². The first-order chi connectivity index (χ1) is 6.99. The van der Waals surface area contributed by atoms with E-state index in [9.17, 15) is 5.11 Å². The molecule has 1 atom stereocenters. The van der Waals surface area contributed by atoms with Crippen LogP contribution in [0, 0.1) is 0 Å². The molecule has 1 unspecified atom stereocenters. The van der Waals surface area contributed by atoms with E-state index in [0.29, 0.717) is 12.0 Å². The van der Waals surface area contributed by atoms with Crippen LogP contribution in [0.25, 0.3) is 0 Å². The fraction of sp³-hybridized carbons (Fsp3) is 0.455. The largest absolute Gasteiger partial charge is 0.508 e. The molecule has 0 aliphatic rings. The van der Waals surface area contributed by atoms with Crippen LogP contribution in [0.3, 0.4) is 0 Å². The molecular formula is C11H17NO3. The summed E-state index contributed by atoms with van der Waals surface area (Å²) in [5.74, 6) is 0.0845. The molecule has 0 amide bonds. The highest BCUT2D eigenvalue weighted by molar-refractivity contribution is 5.37. The van der Waals surface area contributed by atoms with E-state index in [-0.39, 0.29) is 18.2 Å². The lowest BCUT2D eigenvalue weighted by Crippen LogP contribution is -2.17. The number of phenols is 1. The standard InChI is InChI=1S/C11H17NO3/c1-7(12)4-8-2-3-9(6-11(14)15)10(13)5-8/h2-3,5,7,11,13-15H,4,6,12H2,1H3. The minimum Gasteiger partial charge on any atom is -0.508 e. The summed E-state index contributed by atoms with van der Waals surface area (Å²) in [4.78, 5) is 0. The Hall–Kier alpha value is -1.10. The van der Waals surface area contributed by atoms with Crippen molar-refractivity contribution >= 4 is 0 Å². The third kappa shape index (κ3) is 3.87. The maximum absolute atomic E-state index is 9.59. The van der Waals surface area contributed by atoms with E-state index in [1.165, 1.54) is 0 Å². The van der Waals surface area contributed by atoms with E-state index >= 15 is 0 Å². The number of aliphatic hydroxyl groups is 2. The van der Waals surface area contributed by atoms with Crippen molar-refractivity contribution in [3.8, 4) is 5.75 Å². The quantitative estimate of drug-likeness (QED) is 0.533. The van der Waals surface area contributed by atoms with Crippen molar-refractivity contribution in [1.29, 1.82) is 0 Å². The lowest BCUT2D eigenvalue weighted by atomic mass is 10.0. The molecule has 1 aromatic carbocycles. The van der Waals surface area contributed by atoms with Crippen molar-refractivity contribution in [3.05, 3.63) is 29.3 Å². The fourth-order valence-corrected chi connectivity index (χ4v) is 1.48. The maximum atomic E-state index is 9.59. The Morgan fingerprint density at radius 1 is 1.27 bits per heavy atom. The topological polar surface area (TPSA) is 86.7 Å². The van der Waals surface area contributed by atoms with Gasteiger partial charge in [0.1, 0.15) is 5.75 Å². The molecule has 0 spiro atoms. The van der Waals surface area contributed by atoms with E-state index < -0.39 is 6.29 Å². The SMILES string of the molecule is CC(N)Cc1ccc(CC(O)O)c(O)c1. The molecule has 1 aromatic rings. The first kappa shape index (κ1) is 12.0. The Morgan fingerprint density at radius 3 is 2.40 bits per heavy atom. The summed E-state index contributed by atoms with van der Waals surface area (Å²) < 4.78 is 0. The highest BCUT2D eigenvalue weighted by Gasteiger charge is 2.07. The molecule has 0 saturated carbocycles. The van der Waals surface area contributed by atoms with Crippen LogP contribution in [-0.2, 0) is 12.8 Å². The zero-order chi connectivity index (χ0) is 11.4. The van der Waals surface area contributed by atoms with Crippen LogP contribution in [0.5, 0.6) is 5.75 Å². The van der Waals surface area contributed by atoms with E-state index in [2.05, 4.69) is 0 Å². The van der Waals surface area contributed by atoms with Crippen LogP contribution in [0.1, 0.15) is 18.1 Å². The number of hydrogen-bond donors (Lipinski definition) is 4. The van der Waals surface area contributed by atoms with Gasteiger partial charge in [0.25, 0.3) is 0 Å². The zero-order valence-corrected chi connectivity index (χ0v) is 8.72. The van der Waals surface area contributed by atoms with Gasteiger partial charge in [0.15, 0.2) is 6.29 Å². The molecule has 0 aromatic heterocycles. The molecule has 0 aliphatic heterocycles. The number of phenolic OH excluding ortho intramolecular Hbond substituents is 1. The highest BCUT2D eigenvalue weighted by atomic mass is 16.5. The maximum Gasteiger partial charge on any atom is 0.155 e. The summed E-state index contributed by atoms with van der Waals surface area (Å²) in [5.41, 5.74) is 7.10. The molecule has 15 heavy (non-hydrogen) atoms. The van der Waals surface area contributed by atoms with Gasteiger partial charge in [-0.2, -0.15) is 0 Å². The molecular weight excluding hydrogens is 194 g/mol. The second-order valence-corrected chi connectivity index (χ2v) is 3.83. The summed E-state index contributed by atoms with van der Waals surface area (Å²) in [6, 6.07) is 5.17. The highest BCUT2D eigenvalue weighted by Crippen LogP contribution is 2.20. The lowest BCUT2D eigenvalue weighted by Gasteiger charge is -2.09. The molecule has 4 heteroatoms. The minimum absolute atomic E-state index is 0.0320. The number of hydrogen-bond acceptors (Lipinski definition) is 4. The van der Waals surface area contributed by atoms with Crippen LogP contribution >= 0.6 is 0 Å². The van der Waals surface area contributed by atoms with Gasteiger partial charge in [0.05, 0.1) is 0 Å². The van der Waals surface area contributed by atoms with Crippen LogP contribution in [-0.4, -0.2) is 27.7 Å². The Kier molecular flexibility index (Phi) is 4.08. The van der Waals surface area contributed by atoms with Gasteiger partial charge >= 0.3 is 0 Å². The molecule has 5 N–H and O–H groups in total. The van der Waals surface area contributed by atoms with Gasteiger partial charge in [-0.25, -0.2) is 0 Å². The van der Waals surface area contributed by atoms with Crippen molar-refractivity contribution in [2.75, 3.05) is 0 Å². The molecule has 0 radical (unpaired) electrons. The number of nitrogens with two attached hydrogens (primary N) is 1. The predicted molar refractivity (Wildman–Crippen MR) is 57.4 cm³/mol. The number of benzene rings is 1. The smallest absolute Gasteiger partial charge is 0.155 e. The first-order valence-corrected chi connectivity index (χ1v) is 4.91. The average molecular weight is 211 g/mol. The van der Waals surface area contributed by atoms with E-state index in [1.54, 1.807) is 12.1 Å². The van der Waals surface area contributed by atoms with Gasteiger partial charge in [-0.3, -0.25) is 0 Å². The predicted octanol–water partition coefficient (Wildman–Crippen LogP) is 0.135. The van der Waals surface area contributed by atoms with Crippen molar-refractivity contribution in [3.63, 3.8) is 0 Å². The molecule has 4 nitrogen and oxygen atoms in total. The van der Waals surface area contributed by atoms with Gasteiger partial charge < -0.3 is 21.1 Å². The van der Waals surface area contributed by atoms with Crippen LogP contribution in [0.4, 0.5) is 0 Å². The average Bonchev–Trinajstić information content (AvgIpc) is 2.08. The van der Waals surface area contributed by atoms with Crippen molar-refractivity contribution < 1.29 is 15.3 Å². The summed E-state index contributed by atoms with van der Waals surface area (Å²) in [7, 11) is 0. The van der Waals surface area contributed by atoms with Crippen molar-refractivity contribution in [2.24, 2.45) is 5.73 Å². The third-order valence-electron chi connectivity index (χ3n) is 2.11. The van der Waals surface area contributed by atoms with Crippen molar-refractivity contribution in [2.45, 2.75) is 32.1 Å². The van der Waals surface area contributed by atoms with Gasteiger partial charge in [-0.1, -0.05) is 12.1 Å². The summed E-state index contributed by atoms with van der Waals surface area (Å²) in [5, 5.41) is 27.1. The Bertz CT molecular complexity index is 324. The molecule has 0 fully saturated rings. The summed E-state index contributed by atoms with van der Waals surface area (Å²) >= 11 is 0. The molecule has 0 heterocycles. The fourth-order valence-electron chi connectivity index (χ4n) is 1.48. The third-order valence-corrected chi connectivity index (χ3v) is 2.11. The molecule has 0 aliphatic carbocycles. The van der Waals surface area contributed by atoms with Gasteiger partial charge in [-0.15, -0.1) is 0 Å². The molecule has 1 rings (SSSR count). The second-order valence-electron chi connectivity index (χ2n) is 3.83. The number of aliphatic hydroxyl groups excluding tert-OH is 1. The molecule has 0 saturated heterocycles. The Morgan fingerprint density at radius 2 is 1.93 bits per heavy atom. The summed E-state index contributed by atoms with van der Waals surface area (Å²) in [6.45, 7) is 1.89.